The largest absolute Gasteiger partial charge is 0.322 e. The zero-order chi connectivity index (χ0) is 16.5. The third-order valence-corrected chi connectivity index (χ3v) is 2.97. The smallest absolute Gasteiger partial charge is 0.293 e. The van der Waals surface area contributed by atoms with Crippen LogP contribution in [0, 0.1) is 0 Å². The van der Waals surface area contributed by atoms with Crippen molar-refractivity contribution in [3.63, 3.8) is 0 Å². The molecule has 7 nitrogen and oxygen atoms in total. The SMILES string of the molecule is CCc1ccccc1NC(=O)C[NH+](C)CC(=O)NNC(C)=O. The number of carbonyl (C=O) groups excluding carboxylic acids is 3. The average Bonchev–Trinajstić information content (AvgIpc) is 2.45. The van der Waals surface area contributed by atoms with Gasteiger partial charge in [0, 0.05) is 12.6 Å². The first-order chi connectivity index (χ1) is 10.4. The molecule has 0 spiro atoms. The van der Waals surface area contributed by atoms with Crippen molar-refractivity contribution in [2.24, 2.45) is 0 Å². The summed E-state index contributed by atoms with van der Waals surface area (Å²) in [5.41, 5.74) is 6.33. The van der Waals surface area contributed by atoms with Crippen LogP contribution in [-0.4, -0.2) is 37.9 Å². The van der Waals surface area contributed by atoms with Gasteiger partial charge in [0.1, 0.15) is 0 Å². The number of para-hydroxylation sites is 1. The lowest BCUT2D eigenvalue weighted by Gasteiger charge is -2.14. The molecule has 0 saturated carbocycles. The number of hydrogen-bond donors (Lipinski definition) is 4. The van der Waals surface area contributed by atoms with Crippen molar-refractivity contribution >= 4 is 23.4 Å². The Kier molecular flexibility index (Phi) is 7.04. The number of hydrogen-bond acceptors (Lipinski definition) is 3. The van der Waals surface area contributed by atoms with E-state index in [9.17, 15) is 14.4 Å². The van der Waals surface area contributed by atoms with Gasteiger partial charge in [0.15, 0.2) is 13.1 Å². The Morgan fingerprint density at radius 2 is 1.68 bits per heavy atom. The highest BCUT2D eigenvalue weighted by Gasteiger charge is 2.15. The predicted molar refractivity (Wildman–Crippen MR) is 83.0 cm³/mol. The summed E-state index contributed by atoms with van der Waals surface area (Å²) >= 11 is 0. The van der Waals surface area contributed by atoms with Crippen molar-refractivity contribution in [2.45, 2.75) is 20.3 Å². The van der Waals surface area contributed by atoms with Crippen LogP contribution in [0.5, 0.6) is 0 Å². The fraction of sp³-hybridized carbons (Fsp3) is 0.400. The lowest BCUT2D eigenvalue weighted by molar-refractivity contribution is -0.862. The van der Waals surface area contributed by atoms with Crippen LogP contribution in [0.3, 0.4) is 0 Å². The maximum atomic E-state index is 12.0. The highest BCUT2D eigenvalue weighted by Crippen LogP contribution is 2.14. The second kappa shape index (κ2) is 8.78. The van der Waals surface area contributed by atoms with Crippen LogP contribution >= 0.6 is 0 Å². The van der Waals surface area contributed by atoms with E-state index in [2.05, 4.69) is 16.2 Å². The standard InChI is InChI=1S/C15H22N4O3/c1-4-12-7-5-6-8-13(12)16-14(21)9-19(3)10-15(22)18-17-11(2)20/h5-8H,4,9-10H2,1-3H3,(H,16,21)(H,17,20)(H,18,22)/p+1. The topological polar surface area (TPSA) is 91.7 Å². The molecule has 0 saturated heterocycles. The summed E-state index contributed by atoms with van der Waals surface area (Å²) < 4.78 is 0. The van der Waals surface area contributed by atoms with Crippen LogP contribution in [0.2, 0.25) is 0 Å². The molecule has 120 valence electrons. The van der Waals surface area contributed by atoms with Gasteiger partial charge in [-0.05, 0) is 18.1 Å². The molecule has 0 radical (unpaired) electrons. The molecule has 1 aromatic rings. The summed E-state index contributed by atoms with van der Waals surface area (Å²) in [6, 6.07) is 7.62. The van der Waals surface area contributed by atoms with E-state index in [0.717, 1.165) is 17.7 Å². The summed E-state index contributed by atoms with van der Waals surface area (Å²) in [5.74, 6) is -0.861. The number of quaternary nitrogens is 1. The summed E-state index contributed by atoms with van der Waals surface area (Å²) in [7, 11) is 1.73. The van der Waals surface area contributed by atoms with Gasteiger partial charge in [0.25, 0.3) is 11.8 Å². The van der Waals surface area contributed by atoms with Crippen molar-refractivity contribution in [3.8, 4) is 0 Å². The van der Waals surface area contributed by atoms with Gasteiger partial charge in [-0.1, -0.05) is 25.1 Å². The molecule has 1 rings (SSSR count). The number of carbonyl (C=O) groups is 3. The number of benzene rings is 1. The van der Waals surface area contributed by atoms with E-state index in [1.165, 1.54) is 6.92 Å². The van der Waals surface area contributed by atoms with Gasteiger partial charge < -0.3 is 10.2 Å². The van der Waals surface area contributed by atoms with Gasteiger partial charge >= 0.3 is 0 Å². The van der Waals surface area contributed by atoms with Crippen molar-refractivity contribution < 1.29 is 19.3 Å². The van der Waals surface area contributed by atoms with Crippen molar-refractivity contribution in [3.05, 3.63) is 29.8 Å². The van der Waals surface area contributed by atoms with Gasteiger partial charge in [-0.25, -0.2) is 0 Å². The molecule has 22 heavy (non-hydrogen) atoms. The molecule has 1 aromatic carbocycles. The molecule has 0 fully saturated rings. The predicted octanol–water partition coefficient (Wildman–Crippen LogP) is -1.13. The number of rotatable bonds is 6. The number of nitrogens with one attached hydrogen (secondary N) is 4. The van der Waals surface area contributed by atoms with E-state index in [-0.39, 0.29) is 30.8 Å². The number of hydrazine groups is 1. The maximum absolute atomic E-state index is 12.0. The summed E-state index contributed by atoms with van der Waals surface area (Å²) in [6.45, 7) is 3.57. The molecule has 0 bridgehead atoms. The second-order valence-corrected chi connectivity index (χ2v) is 5.10. The van der Waals surface area contributed by atoms with E-state index in [1.807, 2.05) is 31.2 Å². The molecule has 0 aliphatic rings. The number of anilines is 1. The summed E-state index contributed by atoms with van der Waals surface area (Å²) in [4.78, 5) is 34.9. The first-order valence-corrected chi connectivity index (χ1v) is 7.16. The number of amides is 3. The van der Waals surface area contributed by atoms with Crippen LogP contribution in [0.4, 0.5) is 5.69 Å². The Hall–Kier alpha value is -2.41. The fourth-order valence-electron chi connectivity index (χ4n) is 1.96. The highest BCUT2D eigenvalue weighted by molar-refractivity contribution is 5.92. The molecule has 3 amide bonds. The molecule has 1 unspecified atom stereocenters. The Labute approximate surface area is 130 Å². The Bertz CT molecular complexity index is 545. The number of aryl methyl sites for hydroxylation is 1. The van der Waals surface area contributed by atoms with Crippen molar-refractivity contribution in [1.29, 1.82) is 0 Å². The molecule has 0 aliphatic carbocycles. The van der Waals surface area contributed by atoms with Crippen molar-refractivity contribution in [1.82, 2.24) is 10.9 Å². The lowest BCUT2D eigenvalue weighted by atomic mass is 10.1. The first-order valence-electron chi connectivity index (χ1n) is 7.16. The van der Waals surface area contributed by atoms with Gasteiger partial charge in [-0.15, -0.1) is 0 Å². The first kappa shape index (κ1) is 17.6. The summed E-state index contributed by atoms with van der Waals surface area (Å²) in [6.07, 6.45) is 0.832. The zero-order valence-electron chi connectivity index (χ0n) is 13.2. The molecule has 1 atom stereocenters. The molecule has 0 heterocycles. The molecule has 4 N–H and O–H groups in total. The number of likely N-dealkylation sites (N-methyl/N-ethyl adjacent to an activating group) is 1. The fourth-order valence-corrected chi connectivity index (χ4v) is 1.96. The van der Waals surface area contributed by atoms with Gasteiger partial charge in [0.2, 0.25) is 5.91 Å². The second-order valence-electron chi connectivity index (χ2n) is 5.10. The normalized spacial score (nSPS) is 11.4. The summed E-state index contributed by atoms with van der Waals surface area (Å²) in [5, 5.41) is 2.85. The zero-order valence-corrected chi connectivity index (χ0v) is 13.2. The van der Waals surface area contributed by atoms with Crippen molar-refractivity contribution in [2.75, 3.05) is 25.5 Å². The third kappa shape index (κ3) is 6.36. The van der Waals surface area contributed by atoms with Gasteiger partial charge in [0.05, 0.1) is 7.05 Å². The molecular formula is C15H23N4O3+. The van der Waals surface area contributed by atoms with E-state index in [4.69, 9.17) is 0 Å². The van der Waals surface area contributed by atoms with Crippen LogP contribution in [0.15, 0.2) is 24.3 Å². The van der Waals surface area contributed by atoms with Crippen LogP contribution < -0.4 is 21.1 Å². The Morgan fingerprint density at radius 1 is 1.05 bits per heavy atom. The van der Waals surface area contributed by atoms with Crippen LogP contribution in [0.1, 0.15) is 19.4 Å². The molecule has 7 heteroatoms. The average molecular weight is 307 g/mol. The monoisotopic (exact) mass is 307 g/mol. The van der Waals surface area contributed by atoms with E-state index in [0.29, 0.717) is 4.90 Å². The van der Waals surface area contributed by atoms with E-state index < -0.39 is 0 Å². The lowest BCUT2D eigenvalue weighted by Crippen LogP contribution is -3.11. The highest BCUT2D eigenvalue weighted by atomic mass is 16.2. The minimum atomic E-state index is -0.352. The van der Waals surface area contributed by atoms with Gasteiger partial charge in [-0.2, -0.15) is 0 Å². The molecule has 0 aromatic heterocycles. The Morgan fingerprint density at radius 3 is 2.32 bits per heavy atom. The van der Waals surface area contributed by atoms with Gasteiger partial charge in [-0.3, -0.25) is 25.2 Å². The maximum Gasteiger partial charge on any atom is 0.293 e. The van der Waals surface area contributed by atoms with E-state index >= 15 is 0 Å². The quantitative estimate of drug-likeness (QED) is 0.501. The Balaban J connectivity index is 2.44. The molecular weight excluding hydrogens is 284 g/mol. The molecule has 0 aliphatic heterocycles. The minimum Gasteiger partial charge on any atom is -0.322 e. The van der Waals surface area contributed by atoms with Crippen LogP contribution in [-0.2, 0) is 20.8 Å². The third-order valence-electron chi connectivity index (χ3n) is 2.97. The minimum absolute atomic E-state index is 0.0864. The van der Waals surface area contributed by atoms with E-state index in [1.54, 1.807) is 7.05 Å². The van der Waals surface area contributed by atoms with Crippen LogP contribution in [0.25, 0.3) is 0 Å².